The van der Waals surface area contributed by atoms with Gasteiger partial charge in [0.05, 0.1) is 23.0 Å². The standard InChI is InChI=1S/C46H50ClN7O7S2/c47-37-14-10-34(11-15-37)42-9-5-4-6-36(42)32-52-22-24-53(25-23-52)39-16-12-35(13-17-39)46(56)50-63(59,60)41-18-19-43(44(31-41)54(57)58)49-38(33-62-40-7-2-1-3-8-40)30-45(55)48-20-21-51-26-28-61-29-27-51/h1-19,31,38,49H,20-30,32-33H2,(H,48,55)(H,50,56)/t38-/m1/s1. The molecule has 2 saturated heterocycles. The fourth-order valence-corrected chi connectivity index (χ4v) is 9.61. The summed E-state index contributed by atoms with van der Waals surface area (Å²) < 4.78 is 34.4. The van der Waals surface area contributed by atoms with Crippen LogP contribution in [0.1, 0.15) is 22.3 Å². The van der Waals surface area contributed by atoms with Crippen LogP contribution < -0.4 is 20.3 Å². The molecule has 2 aliphatic heterocycles. The number of nitro benzene ring substituents is 1. The molecule has 63 heavy (non-hydrogen) atoms. The van der Waals surface area contributed by atoms with Crippen LogP contribution in [0.5, 0.6) is 0 Å². The molecule has 2 fully saturated rings. The number of thioether (sulfide) groups is 1. The zero-order chi connectivity index (χ0) is 44.2. The predicted molar refractivity (Wildman–Crippen MR) is 248 cm³/mol. The zero-order valence-corrected chi connectivity index (χ0v) is 37.0. The van der Waals surface area contributed by atoms with Crippen LogP contribution in [-0.4, -0.2) is 112 Å². The van der Waals surface area contributed by atoms with E-state index in [4.69, 9.17) is 16.3 Å². The van der Waals surface area contributed by atoms with Crippen LogP contribution in [-0.2, 0) is 26.1 Å². The molecule has 0 aromatic heterocycles. The number of amides is 2. The minimum atomic E-state index is -4.51. The van der Waals surface area contributed by atoms with Crippen molar-refractivity contribution in [1.29, 1.82) is 0 Å². The number of morpholine rings is 1. The van der Waals surface area contributed by atoms with Crippen molar-refractivity contribution >= 4 is 62.3 Å². The number of hydrogen-bond acceptors (Lipinski definition) is 12. The first-order chi connectivity index (χ1) is 30.5. The van der Waals surface area contributed by atoms with Gasteiger partial charge < -0.3 is 20.3 Å². The third-order valence-corrected chi connectivity index (χ3v) is 13.7. The van der Waals surface area contributed by atoms with Gasteiger partial charge in [0.1, 0.15) is 5.69 Å². The number of nitrogens with zero attached hydrogens (tertiary/aromatic N) is 4. The number of carbonyl (C=O) groups excluding carboxylic acids is 2. The average Bonchev–Trinajstić information content (AvgIpc) is 3.29. The number of rotatable bonds is 18. The van der Waals surface area contributed by atoms with Crippen molar-refractivity contribution in [3.05, 3.63) is 148 Å². The Bertz CT molecular complexity index is 2450. The first kappa shape index (κ1) is 45.5. The Labute approximate surface area is 377 Å². The fourth-order valence-electron chi connectivity index (χ4n) is 7.55. The smallest absolute Gasteiger partial charge is 0.293 e. The average molecular weight is 913 g/mol. The molecule has 0 radical (unpaired) electrons. The molecule has 0 bridgehead atoms. The van der Waals surface area contributed by atoms with Crippen LogP contribution >= 0.6 is 23.4 Å². The quantitative estimate of drug-likeness (QED) is 0.0481. The summed E-state index contributed by atoms with van der Waals surface area (Å²) in [6.45, 7) is 8.00. The minimum absolute atomic E-state index is 0.0199. The highest BCUT2D eigenvalue weighted by Crippen LogP contribution is 2.31. The summed E-state index contributed by atoms with van der Waals surface area (Å²) in [6.07, 6.45) is 0.0199. The monoisotopic (exact) mass is 911 g/mol. The Morgan fingerprint density at radius 3 is 2.24 bits per heavy atom. The maximum absolute atomic E-state index is 13.5. The molecule has 1 atom stereocenters. The molecular formula is C46H50ClN7O7S2. The molecule has 2 amide bonds. The van der Waals surface area contributed by atoms with E-state index in [1.54, 1.807) is 24.3 Å². The molecule has 17 heteroatoms. The lowest BCUT2D eigenvalue weighted by molar-refractivity contribution is -0.384. The van der Waals surface area contributed by atoms with Crippen molar-refractivity contribution < 1.29 is 27.7 Å². The Hall–Kier alpha value is -5.49. The van der Waals surface area contributed by atoms with Gasteiger partial charge in [-0.1, -0.05) is 66.2 Å². The third-order valence-electron chi connectivity index (χ3n) is 11.0. The molecule has 0 saturated carbocycles. The summed E-state index contributed by atoms with van der Waals surface area (Å²) in [4.78, 5) is 45.3. The third kappa shape index (κ3) is 12.8. The molecule has 5 aromatic rings. The molecule has 7 rings (SSSR count). The summed E-state index contributed by atoms with van der Waals surface area (Å²) >= 11 is 7.61. The molecule has 5 aromatic carbocycles. The molecular weight excluding hydrogens is 862 g/mol. The van der Waals surface area contributed by atoms with Crippen molar-refractivity contribution in [1.82, 2.24) is 19.8 Å². The maximum atomic E-state index is 13.5. The van der Waals surface area contributed by atoms with E-state index in [1.165, 1.54) is 35.0 Å². The van der Waals surface area contributed by atoms with Gasteiger partial charge in [0.15, 0.2) is 0 Å². The largest absolute Gasteiger partial charge is 0.379 e. The summed E-state index contributed by atoms with van der Waals surface area (Å²) in [7, 11) is -4.51. The number of sulfonamides is 1. The Balaban J connectivity index is 0.950. The van der Waals surface area contributed by atoms with E-state index >= 15 is 0 Å². The van der Waals surface area contributed by atoms with E-state index < -0.39 is 37.5 Å². The van der Waals surface area contributed by atoms with Crippen LogP contribution in [0, 0.1) is 10.1 Å². The number of piperazine rings is 1. The second kappa shape index (κ2) is 21.7. The number of halogens is 1. The Kier molecular flexibility index (Phi) is 15.7. The molecule has 14 nitrogen and oxygen atoms in total. The Morgan fingerprint density at radius 1 is 0.825 bits per heavy atom. The van der Waals surface area contributed by atoms with Gasteiger partial charge in [-0.2, -0.15) is 0 Å². The molecule has 3 N–H and O–H groups in total. The highest BCUT2D eigenvalue weighted by molar-refractivity contribution is 7.99. The van der Waals surface area contributed by atoms with Crippen molar-refractivity contribution in [2.24, 2.45) is 0 Å². The normalized spacial score (nSPS) is 15.3. The molecule has 330 valence electrons. The van der Waals surface area contributed by atoms with Gasteiger partial charge in [-0.05, 0) is 77.4 Å². The van der Waals surface area contributed by atoms with Crippen LogP contribution in [0.15, 0.2) is 131 Å². The van der Waals surface area contributed by atoms with Gasteiger partial charge in [-0.3, -0.25) is 29.5 Å². The zero-order valence-electron chi connectivity index (χ0n) is 34.7. The van der Waals surface area contributed by atoms with E-state index in [1.807, 2.05) is 60.7 Å². The van der Waals surface area contributed by atoms with E-state index in [0.29, 0.717) is 37.1 Å². The van der Waals surface area contributed by atoms with Crippen LogP contribution in [0.4, 0.5) is 17.1 Å². The van der Waals surface area contributed by atoms with Crippen molar-refractivity contribution in [3.8, 4) is 11.1 Å². The lowest BCUT2D eigenvalue weighted by atomic mass is 9.99. The van der Waals surface area contributed by atoms with Crippen molar-refractivity contribution in [2.75, 3.05) is 81.5 Å². The van der Waals surface area contributed by atoms with Crippen LogP contribution in [0.25, 0.3) is 11.1 Å². The SMILES string of the molecule is O=C(C[C@H](CSc1ccccc1)Nc1ccc(S(=O)(=O)NC(=O)c2ccc(N3CCN(Cc4ccccc4-c4ccc(Cl)cc4)CC3)cc2)cc1[N+](=O)[O-])NCCN1CCOCC1. The van der Waals surface area contributed by atoms with Gasteiger partial charge >= 0.3 is 0 Å². The highest BCUT2D eigenvalue weighted by atomic mass is 35.5. The van der Waals surface area contributed by atoms with E-state index in [2.05, 4.69) is 48.3 Å². The minimum Gasteiger partial charge on any atom is -0.379 e. The molecule has 2 heterocycles. The summed E-state index contributed by atoms with van der Waals surface area (Å²) in [5.74, 6) is -0.698. The van der Waals surface area contributed by atoms with Gasteiger partial charge in [0.25, 0.3) is 21.6 Å². The van der Waals surface area contributed by atoms with Gasteiger partial charge in [-0.25, -0.2) is 13.1 Å². The van der Waals surface area contributed by atoms with E-state index in [0.717, 1.165) is 68.0 Å². The molecule has 2 aliphatic rings. The second-order valence-electron chi connectivity index (χ2n) is 15.3. The summed E-state index contributed by atoms with van der Waals surface area (Å²) in [5.41, 5.74) is 4.08. The van der Waals surface area contributed by atoms with E-state index in [9.17, 15) is 28.1 Å². The number of anilines is 2. The lowest BCUT2D eigenvalue weighted by Crippen LogP contribution is -2.46. The Morgan fingerprint density at radius 2 is 1.52 bits per heavy atom. The number of carbonyl (C=O) groups is 2. The van der Waals surface area contributed by atoms with Crippen molar-refractivity contribution in [2.45, 2.75) is 28.8 Å². The number of benzene rings is 5. The maximum Gasteiger partial charge on any atom is 0.293 e. The van der Waals surface area contributed by atoms with Gasteiger partial charge in [0.2, 0.25) is 5.91 Å². The number of hydrogen-bond donors (Lipinski definition) is 3. The first-order valence-electron chi connectivity index (χ1n) is 20.8. The lowest BCUT2D eigenvalue weighted by Gasteiger charge is -2.36. The molecule has 0 aliphatic carbocycles. The topological polar surface area (TPSA) is 166 Å². The number of ether oxygens (including phenoxy) is 1. The number of nitro groups is 1. The number of nitrogens with one attached hydrogen (secondary N) is 3. The molecule has 0 unspecified atom stereocenters. The van der Waals surface area contributed by atoms with Gasteiger partial charge in [0, 0.05) is 104 Å². The summed E-state index contributed by atoms with van der Waals surface area (Å²) in [5, 5.41) is 19.1. The van der Waals surface area contributed by atoms with E-state index in [-0.39, 0.29) is 23.6 Å². The van der Waals surface area contributed by atoms with Gasteiger partial charge in [-0.15, -0.1) is 11.8 Å². The summed E-state index contributed by atoms with van der Waals surface area (Å²) in [6, 6.07) is 35.4. The molecule has 0 spiro atoms. The van der Waals surface area contributed by atoms with Crippen LogP contribution in [0.3, 0.4) is 0 Å². The highest BCUT2D eigenvalue weighted by Gasteiger charge is 2.26. The predicted octanol–water partition coefficient (Wildman–Crippen LogP) is 6.77. The van der Waals surface area contributed by atoms with Crippen molar-refractivity contribution in [3.63, 3.8) is 0 Å². The van der Waals surface area contributed by atoms with Crippen LogP contribution in [0.2, 0.25) is 5.02 Å². The second-order valence-corrected chi connectivity index (χ2v) is 18.5. The first-order valence-corrected chi connectivity index (χ1v) is 23.6. The fraction of sp³-hybridized carbons (Fsp3) is 0.304.